The maximum atomic E-state index is 9.13. The normalized spacial score (nSPS) is 11.2. The van der Waals surface area contributed by atoms with E-state index in [9.17, 15) is 0 Å². The van der Waals surface area contributed by atoms with Gasteiger partial charge < -0.3 is 10.4 Å². The highest BCUT2D eigenvalue weighted by atomic mass is 16.3. The van der Waals surface area contributed by atoms with E-state index in [-0.39, 0.29) is 6.61 Å². The summed E-state index contributed by atoms with van der Waals surface area (Å²) in [4.78, 5) is 0. The summed E-state index contributed by atoms with van der Waals surface area (Å²) in [6, 6.07) is 10.6. The van der Waals surface area contributed by atoms with Gasteiger partial charge in [-0.25, -0.2) is 0 Å². The van der Waals surface area contributed by atoms with E-state index in [0.29, 0.717) is 6.04 Å². The number of hydrogen-bond acceptors (Lipinski definition) is 3. The maximum absolute atomic E-state index is 9.13. The van der Waals surface area contributed by atoms with E-state index in [4.69, 9.17) is 5.11 Å². The van der Waals surface area contributed by atoms with Crippen LogP contribution in [0.5, 0.6) is 0 Å². The fourth-order valence-electron chi connectivity index (χ4n) is 2.51. The van der Waals surface area contributed by atoms with Crippen LogP contribution >= 0.6 is 0 Å². The smallest absolute Gasteiger partial charge is 0.0762 e. The van der Waals surface area contributed by atoms with Crippen LogP contribution < -0.4 is 5.32 Å². The Labute approximate surface area is 126 Å². The first-order valence-corrected chi connectivity index (χ1v) is 7.70. The number of nitrogens with one attached hydrogen (secondary N) is 1. The molecule has 2 rings (SSSR count). The molecule has 0 atom stereocenters. The number of rotatable bonds is 8. The van der Waals surface area contributed by atoms with Crippen LogP contribution in [0.1, 0.15) is 49.6 Å². The Morgan fingerprint density at radius 3 is 2.62 bits per heavy atom. The molecule has 0 aliphatic rings. The van der Waals surface area contributed by atoms with Gasteiger partial charge in [-0.2, -0.15) is 5.10 Å². The van der Waals surface area contributed by atoms with Gasteiger partial charge in [0.2, 0.25) is 0 Å². The van der Waals surface area contributed by atoms with Crippen molar-refractivity contribution in [2.75, 3.05) is 0 Å². The maximum Gasteiger partial charge on any atom is 0.0762 e. The first kappa shape index (κ1) is 15.7. The van der Waals surface area contributed by atoms with Crippen molar-refractivity contribution in [3.05, 3.63) is 53.3 Å². The van der Waals surface area contributed by atoms with Crippen molar-refractivity contribution in [1.29, 1.82) is 0 Å². The SMILES string of the molecule is CCC(CC)n1ccc(CNCc2cccc(CO)c2)n1. The molecule has 4 nitrogen and oxygen atoms in total. The standard InChI is InChI=1S/C17H25N3O/c1-3-17(4-2)20-9-8-16(19-20)12-18-11-14-6-5-7-15(10-14)13-21/h5-10,17-18,21H,3-4,11-13H2,1-2H3. The summed E-state index contributed by atoms with van der Waals surface area (Å²) in [5, 5.41) is 17.2. The summed E-state index contributed by atoms with van der Waals surface area (Å²) < 4.78 is 2.07. The predicted molar refractivity (Wildman–Crippen MR) is 84.8 cm³/mol. The van der Waals surface area contributed by atoms with Gasteiger partial charge in [0.05, 0.1) is 18.3 Å². The molecule has 1 aromatic heterocycles. The van der Waals surface area contributed by atoms with Crippen LogP contribution in [0.2, 0.25) is 0 Å². The van der Waals surface area contributed by atoms with Gasteiger partial charge in [-0.05, 0) is 30.0 Å². The molecule has 1 aromatic carbocycles. The number of benzene rings is 1. The lowest BCUT2D eigenvalue weighted by Crippen LogP contribution is -2.14. The van der Waals surface area contributed by atoms with Gasteiger partial charge in [0.25, 0.3) is 0 Å². The number of nitrogens with zero attached hydrogens (tertiary/aromatic N) is 2. The molecule has 0 spiro atoms. The average Bonchev–Trinajstić information content (AvgIpc) is 2.97. The van der Waals surface area contributed by atoms with Crippen molar-refractivity contribution in [3.63, 3.8) is 0 Å². The lowest BCUT2D eigenvalue weighted by atomic mass is 10.1. The number of aliphatic hydroxyl groups is 1. The molecular formula is C17H25N3O. The molecule has 0 unspecified atom stereocenters. The Balaban J connectivity index is 1.85. The van der Waals surface area contributed by atoms with E-state index in [1.165, 1.54) is 5.56 Å². The summed E-state index contributed by atoms with van der Waals surface area (Å²) in [7, 11) is 0. The Kier molecular flexibility index (Phi) is 5.96. The van der Waals surface area contributed by atoms with Crippen LogP contribution in [0.4, 0.5) is 0 Å². The molecule has 2 aromatic rings. The summed E-state index contributed by atoms with van der Waals surface area (Å²) >= 11 is 0. The molecule has 21 heavy (non-hydrogen) atoms. The number of hydrogen-bond donors (Lipinski definition) is 2. The van der Waals surface area contributed by atoms with Gasteiger partial charge in [-0.1, -0.05) is 38.1 Å². The summed E-state index contributed by atoms with van der Waals surface area (Å²) in [5.41, 5.74) is 3.20. The quantitative estimate of drug-likeness (QED) is 0.784. The molecule has 4 heteroatoms. The van der Waals surface area contributed by atoms with Gasteiger partial charge in [0.15, 0.2) is 0 Å². The minimum Gasteiger partial charge on any atom is -0.392 e. The van der Waals surface area contributed by atoms with Crippen LogP contribution in [0.3, 0.4) is 0 Å². The molecular weight excluding hydrogens is 262 g/mol. The molecule has 0 radical (unpaired) electrons. The van der Waals surface area contributed by atoms with Crippen molar-refractivity contribution >= 4 is 0 Å². The highest BCUT2D eigenvalue weighted by molar-refractivity contribution is 5.22. The summed E-state index contributed by atoms with van der Waals surface area (Å²) in [6.07, 6.45) is 4.29. The van der Waals surface area contributed by atoms with Crippen molar-refractivity contribution in [3.8, 4) is 0 Å². The largest absolute Gasteiger partial charge is 0.392 e. The molecule has 0 amide bonds. The molecule has 0 bridgehead atoms. The third kappa shape index (κ3) is 4.41. The molecule has 0 saturated heterocycles. The Bertz CT molecular complexity index is 546. The molecule has 1 heterocycles. The molecule has 114 valence electrons. The highest BCUT2D eigenvalue weighted by Crippen LogP contribution is 2.14. The number of aromatic nitrogens is 2. The fourth-order valence-corrected chi connectivity index (χ4v) is 2.51. The lowest BCUT2D eigenvalue weighted by Gasteiger charge is -2.12. The third-order valence-electron chi connectivity index (χ3n) is 3.79. The van der Waals surface area contributed by atoms with Crippen molar-refractivity contribution < 1.29 is 5.11 Å². The van der Waals surface area contributed by atoms with E-state index >= 15 is 0 Å². The monoisotopic (exact) mass is 287 g/mol. The van der Waals surface area contributed by atoms with E-state index in [2.05, 4.69) is 47.3 Å². The van der Waals surface area contributed by atoms with Crippen molar-refractivity contribution in [2.24, 2.45) is 0 Å². The van der Waals surface area contributed by atoms with Crippen LogP contribution in [0.25, 0.3) is 0 Å². The van der Waals surface area contributed by atoms with E-state index in [1.807, 2.05) is 18.2 Å². The second-order valence-corrected chi connectivity index (χ2v) is 5.34. The van der Waals surface area contributed by atoms with Crippen LogP contribution in [-0.4, -0.2) is 14.9 Å². The third-order valence-corrected chi connectivity index (χ3v) is 3.79. The lowest BCUT2D eigenvalue weighted by molar-refractivity contribution is 0.281. The zero-order valence-electron chi connectivity index (χ0n) is 12.9. The van der Waals surface area contributed by atoms with Crippen molar-refractivity contribution in [1.82, 2.24) is 15.1 Å². The van der Waals surface area contributed by atoms with Gasteiger partial charge in [-0.15, -0.1) is 0 Å². The first-order chi connectivity index (χ1) is 10.3. The van der Waals surface area contributed by atoms with Gasteiger partial charge in [-0.3, -0.25) is 4.68 Å². The second kappa shape index (κ2) is 7.96. The Morgan fingerprint density at radius 1 is 1.14 bits per heavy atom. The van der Waals surface area contributed by atoms with Crippen LogP contribution in [0.15, 0.2) is 36.5 Å². The van der Waals surface area contributed by atoms with Gasteiger partial charge in [0.1, 0.15) is 0 Å². The van der Waals surface area contributed by atoms with E-state index < -0.39 is 0 Å². The van der Waals surface area contributed by atoms with E-state index in [0.717, 1.165) is 37.2 Å². The number of aliphatic hydroxyl groups excluding tert-OH is 1. The molecule has 0 aliphatic heterocycles. The molecule has 0 aliphatic carbocycles. The summed E-state index contributed by atoms with van der Waals surface area (Å²) in [6.45, 7) is 6.03. The topological polar surface area (TPSA) is 50.1 Å². The minimum atomic E-state index is 0.0909. The zero-order valence-corrected chi connectivity index (χ0v) is 12.9. The predicted octanol–water partition coefficient (Wildman–Crippen LogP) is 3.03. The highest BCUT2D eigenvalue weighted by Gasteiger charge is 2.07. The molecule has 0 fully saturated rings. The first-order valence-electron chi connectivity index (χ1n) is 7.70. The van der Waals surface area contributed by atoms with Gasteiger partial charge in [0, 0.05) is 19.3 Å². The Morgan fingerprint density at radius 2 is 1.90 bits per heavy atom. The molecule has 0 saturated carbocycles. The molecule has 2 N–H and O–H groups in total. The minimum absolute atomic E-state index is 0.0909. The van der Waals surface area contributed by atoms with Crippen molar-refractivity contribution in [2.45, 2.75) is 52.4 Å². The average molecular weight is 287 g/mol. The summed E-state index contributed by atoms with van der Waals surface area (Å²) in [5.74, 6) is 0. The van der Waals surface area contributed by atoms with E-state index in [1.54, 1.807) is 0 Å². The van der Waals surface area contributed by atoms with Crippen LogP contribution in [-0.2, 0) is 19.7 Å². The zero-order chi connectivity index (χ0) is 15.1. The fraction of sp³-hybridized carbons (Fsp3) is 0.471. The van der Waals surface area contributed by atoms with Crippen LogP contribution in [0, 0.1) is 0 Å². The van der Waals surface area contributed by atoms with Gasteiger partial charge >= 0.3 is 0 Å². The Hall–Kier alpha value is -1.65. The second-order valence-electron chi connectivity index (χ2n) is 5.34.